The van der Waals surface area contributed by atoms with E-state index in [1.54, 1.807) is 6.20 Å². The highest BCUT2D eigenvalue weighted by molar-refractivity contribution is 5.55. The van der Waals surface area contributed by atoms with Crippen molar-refractivity contribution in [3.8, 4) is 11.4 Å². The lowest BCUT2D eigenvalue weighted by atomic mass is 10.2. The zero-order valence-corrected chi connectivity index (χ0v) is 8.34. The molecule has 0 radical (unpaired) electrons. The number of nitrogens with two attached hydrogens (primary N) is 1. The van der Waals surface area contributed by atoms with Crippen LogP contribution >= 0.6 is 0 Å². The van der Waals surface area contributed by atoms with Crippen molar-refractivity contribution < 1.29 is 4.52 Å². The van der Waals surface area contributed by atoms with Crippen molar-refractivity contribution in [3.63, 3.8) is 0 Å². The van der Waals surface area contributed by atoms with Crippen molar-refractivity contribution in [1.82, 2.24) is 20.1 Å². The number of aryl methyl sites for hydroxylation is 1. The minimum atomic E-state index is 0.492. The van der Waals surface area contributed by atoms with Gasteiger partial charge in [-0.1, -0.05) is 5.16 Å². The Balaban J connectivity index is 2.33. The van der Waals surface area contributed by atoms with E-state index in [4.69, 9.17) is 10.3 Å². The van der Waals surface area contributed by atoms with Crippen molar-refractivity contribution in [1.29, 1.82) is 0 Å². The largest absolute Gasteiger partial charge is 0.339 e. The van der Waals surface area contributed by atoms with Crippen LogP contribution in [0, 0.1) is 6.92 Å². The van der Waals surface area contributed by atoms with Gasteiger partial charge in [-0.3, -0.25) is 0 Å². The second-order valence-corrected chi connectivity index (χ2v) is 3.07. The van der Waals surface area contributed by atoms with Gasteiger partial charge >= 0.3 is 0 Å². The van der Waals surface area contributed by atoms with Crippen LogP contribution in [0.15, 0.2) is 17.0 Å². The fraction of sp³-hybridized carbons (Fsp3) is 0.333. The SMILES string of the molecule is Cc1ncncc1-c1noc(CCN)n1. The molecule has 0 amide bonds. The molecule has 0 fully saturated rings. The summed E-state index contributed by atoms with van der Waals surface area (Å²) in [6.45, 7) is 2.36. The molecule has 2 rings (SSSR count). The molecular formula is C9H11N5O. The molecule has 0 aromatic carbocycles. The Hall–Kier alpha value is -1.82. The van der Waals surface area contributed by atoms with E-state index in [9.17, 15) is 0 Å². The van der Waals surface area contributed by atoms with Gasteiger partial charge in [0.15, 0.2) is 0 Å². The van der Waals surface area contributed by atoms with E-state index in [1.807, 2.05) is 6.92 Å². The highest BCUT2D eigenvalue weighted by Crippen LogP contribution is 2.16. The number of hydrogen-bond acceptors (Lipinski definition) is 6. The van der Waals surface area contributed by atoms with Crippen molar-refractivity contribution in [2.45, 2.75) is 13.3 Å². The smallest absolute Gasteiger partial charge is 0.228 e. The molecule has 0 unspecified atom stereocenters. The zero-order valence-electron chi connectivity index (χ0n) is 8.34. The lowest BCUT2D eigenvalue weighted by molar-refractivity contribution is 0.380. The van der Waals surface area contributed by atoms with Gasteiger partial charge in [0.25, 0.3) is 0 Å². The summed E-state index contributed by atoms with van der Waals surface area (Å²) in [6, 6.07) is 0. The maximum atomic E-state index is 5.39. The van der Waals surface area contributed by atoms with Gasteiger partial charge in [0, 0.05) is 19.2 Å². The Labute approximate surface area is 86.5 Å². The number of rotatable bonds is 3. The molecule has 0 aliphatic rings. The fourth-order valence-electron chi connectivity index (χ4n) is 1.20. The number of nitrogens with zero attached hydrogens (tertiary/aromatic N) is 4. The van der Waals surface area contributed by atoms with Crippen LogP contribution in [-0.2, 0) is 6.42 Å². The first-order valence-corrected chi connectivity index (χ1v) is 4.61. The van der Waals surface area contributed by atoms with Gasteiger partial charge in [-0.2, -0.15) is 4.98 Å². The molecule has 2 N–H and O–H groups in total. The molecule has 2 heterocycles. The summed E-state index contributed by atoms with van der Waals surface area (Å²) in [5, 5.41) is 3.84. The molecule has 0 bridgehead atoms. The maximum absolute atomic E-state index is 5.39. The summed E-state index contributed by atoms with van der Waals surface area (Å²) >= 11 is 0. The van der Waals surface area contributed by atoms with Crippen LogP contribution in [0.4, 0.5) is 0 Å². The zero-order chi connectivity index (χ0) is 10.7. The fourth-order valence-corrected chi connectivity index (χ4v) is 1.20. The molecular weight excluding hydrogens is 194 g/mol. The van der Waals surface area contributed by atoms with Crippen molar-refractivity contribution in [2.24, 2.45) is 5.73 Å². The average molecular weight is 205 g/mol. The van der Waals surface area contributed by atoms with E-state index in [-0.39, 0.29) is 0 Å². The van der Waals surface area contributed by atoms with Crippen LogP contribution in [0.25, 0.3) is 11.4 Å². The molecule has 6 nitrogen and oxygen atoms in total. The normalized spacial score (nSPS) is 10.5. The molecule has 2 aromatic rings. The molecule has 6 heteroatoms. The Bertz CT molecular complexity index is 453. The molecule has 0 spiro atoms. The summed E-state index contributed by atoms with van der Waals surface area (Å²) in [5.41, 5.74) is 6.99. The van der Waals surface area contributed by atoms with E-state index >= 15 is 0 Å². The minimum Gasteiger partial charge on any atom is -0.339 e. The predicted octanol–water partition coefficient (Wildman–Crippen LogP) is 0.336. The highest BCUT2D eigenvalue weighted by atomic mass is 16.5. The van der Waals surface area contributed by atoms with Crippen LogP contribution in [0.1, 0.15) is 11.6 Å². The van der Waals surface area contributed by atoms with Crippen LogP contribution < -0.4 is 5.73 Å². The van der Waals surface area contributed by atoms with E-state index in [0.717, 1.165) is 11.3 Å². The summed E-state index contributed by atoms with van der Waals surface area (Å²) in [7, 11) is 0. The van der Waals surface area contributed by atoms with Gasteiger partial charge in [0.05, 0.1) is 11.3 Å². The standard InChI is InChI=1S/C9H11N5O/c1-6-7(4-11-5-12-6)9-13-8(2-3-10)15-14-9/h4-5H,2-3,10H2,1H3. The maximum Gasteiger partial charge on any atom is 0.228 e. The topological polar surface area (TPSA) is 90.7 Å². The first-order chi connectivity index (χ1) is 7.31. The summed E-state index contributed by atoms with van der Waals surface area (Å²) in [4.78, 5) is 12.2. The molecule has 15 heavy (non-hydrogen) atoms. The second kappa shape index (κ2) is 4.14. The lowest BCUT2D eigenvalue weighted by Crippen LogP contribution is -2.02. The molecule has 78 valence electrons. The predicted molar refractivity (Wildman–Crippen MR) is 52.8 cm³/mol. The van der Waals surface area contributed by atoms with E-state index < -0.39 is 0 Å². The van der Waals surface area contributed by atoms with E-state index in [1.165, 1.54) is 6.33 Å². The summed E-state index contributed by atoms with van der Waals surface area (Å²) < 4.78 is 5.02. The summed E-state index contributed by atoms with van der Waals surface area (Å²) in [5.74, 6) is 1.05. The van der Waals surface area contributed by atoms with Gasteiger partial charge in [-0.15, -0.1) is 0 Å². The second-order valence-electron chi connectivity index (χ2n) is 3.07. The highest BCUT2D eigenvalue weighted by Gasteiger charge is 2.10. The Morgan fingerprint density at radius 1 is 1.47 bits per heavy atom. The lowest BCUT2D eigenvalue weighted by Gasteiger charge is -1.95. The van der Waals surface area contributed by atoms with Gasteiger partial charge < -0.3 is 10.3 Å². The Morgan fingerprint density at radius 3 is 3.07 bits per heavy atom. The number of hydrogen-bond donors (Lipinski definition) is 1. The number of aromatic nitrogens is 4. The molecule has 0 saturated heterocycles. The first kappa shape index (κ1) is 9.72. The van der Waals surface area contributed by atoms with E-state index in [2.05, 4.69) is 20.1 Å². The van der Waals surface area contributed by atoms with Gasteiger partial charge in [-0.05, 0) is 6.92 Å². The van der Waals surface area contributed by atoms with Crippen molar-refractivity contribution in [3.05, 3.63) is 24.1 Å². The average Bonchev–Trinajstić information content (AvgIpc) is 2.68. The molecule has 0 aliphatic heterocycles. The quantitative estimate of drug-likeness (QED) is 0.776. The van der Waals surface area contributed by atoms with Crippen LogP contribution in [-0.4, -0.2) is 26.7 Å². The third-order valence-corrected chi connectivity index (χ3v) is 1.98. The molecule has 0 saturated carbocycles. The summed E-state index contributed by atoms with van der Waals surface area (Å²) in [6.07, 6.45) is 3.73. The Kier molecular flexibility index (Phi) is 2.68. The third-order valence-electron chi connectivity index (χ3n) is 1.98. The van der Waals surface area contributed by atoms with Crippen LogP contribution in [0.2, 0.25) is 0 Å². The van der Waals surface area contributed by atoms with Crippen LogP contribution in [0.5, 0.6) is 0 Å². The van der Waals surface area contributed by atoms with Gasteiger partial charge in [0.2, 0.25) is 11.7 Å². The minimum absolute atomic E-state index is 0.492. The first-order valence-electron chi connectivity index (χ1n) is 4.61. The third kappa shape index (κ3) is 1.99. The van der Waals surface area contributed by atoms with Gasteiger partial charge in [-0.25, -0.2) is 9.97 Å². The monoisotopic (exact) mass is 205 g/mol. The van der Waals surface area contributed by atoms with Crippen LogP contribution in [0.3, 0.4) is 0 Å². The van der Waals surface area contributed by atoms with Gasteiger partial charge in [0.1, 0.15) is 6.33 Å². The molecule has 0 aliphatic carbocycles. The molecule has 0 atom stereocenters. The van der Waals surface area contributed by atoms with Crippen molar-refractivity contribution >= 4 is 0 Å². The molecule has 2 aromatic heterocycles. The Morgan fingerprint density at radius 2 is 2.33 bits per heavy atom. The van der Waals surface area contributed by atoms with E-state index in [0.29, 0.717) is 24.7 Å². The van der Waals surface area contributed by atoms with Crippen molar-refractivity contribution in [2.75, 3.05) is 6.54 Å².